The largest absolute Gasteiger partial charge is 0.462 e. The third kappa shape index (κ3) is 4.80. The van der Waals surface area contributed by atoms with Crippen LogP contribution in [-0.4, -0.2) is 38.6 Å². The average Bonchev–Trinajstić information content (AvgIpc) is 2.93. The summed E-state index contributed by atoms with van der Waals surface area (Å²) in [7, 11) is 0. The summed E-state index contributed by atoms with van der Waals surface area (Å²) >= 11 is 2.54. The molecule has 0 atom stereocenters. The Hall–Kier alpha value is -2.72. The molecule has 0 saturated heterocycles. The number of fused-ring (bicyclic) bond motifs is 2. The third-order valence-corrected chi connectivity index (χ3v) is 6.99. The number of thioether (sulfide) groups is 1. The Kier molecular flexibility index (Phi) is 6.67. The van der Waals surface area contributed by atoms with Crippen LogP contribution < -0.4 is 11.0 Å². The van der Waals surface area contributed by atoms with Gasteiger partial charge in [-0.15, -0.1) is 11.3 Å². The highest BCUT2D eigenvalue weighted by Gasteiger charge is 2.26. The maximum atomic E-state index is 12.6. The predicted octanol–water partition coefficient (Wildman–Crippen LogP) is 3.33. The molecule has 0 aliphatic heterocycles. The Morgan fingerprint density at radius 2 is 2.06 bits per heavy atom. The second-order valence-corrected chi connectivity index (χ2v) is 9.09. The van der Waals surface area contributed by atoms with Crippen molar-refractivity contribution in [3.05, 3.63) is 50.9 Å². The number of carbonyl (C=O) groups is 2. The number of carbonyl (C=O) groups excluding carboxylic acids is 2. The van der Waals surface area contributed by atoms with Gasteiger partial charge in [0.1, 0.15) is 10.6 Å². The molecule has 1 aliphatic carbocycles. The van der Waals surface area contributed by atoms with E-state index in [0.717, 1.165) is 54.3 Å². The highest BCUT2D eigenvalue weighted by molar-refractivity contribution is 7.99. The SMILES string of the molecule is CCOC(=O)c1c(NC(=O)CSc2nc(=O)n3ccccc3n2)sc2c1CCCCC2. The normalized spacial score (nSPS) is 13.5. The van der Waals surface area contributed by atoms with Crippen LogP contribution >= 0.6 is 23.1 Å². The maximum absolute atomic E-state index is 12.6. The van der Waals surface area contributed by atoms with E-state index in [1.165, 1.54) is 15.7 Å². The molecular weight excluding hydrogens is 436 g/mol. The molecule has 1 amide bonds. The van der Waals surface area contributed by atoms with Crippen molar-refractivity contribution in [1.82, 2.24) is 14.4 Å². The fraction of sp³-hybridized carbons (Fsp3) is 0.381. The van der Waals surface area contributed by atoms with E-state index in [2.05, 4.69) is 15.3 Å². The zero-order valence-corrected chi connectivity index (χ0v) is 18.7. The molecule has 10 heteroatoms. The number of rotatable bonds is 6. The standard InChI is InChI=1S/C21H22N4O4S2/c1-2-29-19(27)17-13-8-4-3-5-9-14(13)31-18(17)23-16(26)12-30-20-22-15-10-6-7-11-25(15)21(28)24-20/h6-7,10-11H,2-5,8-9,12H2,1H3,(H,23,26). The van der Waals surface area contributed by atoms with Crippen molar-refractivity contribution in [2.24, 2.45) is 0 Å². The topological polar surface area (TPSA) is 103 Å². The van der Waals surface area contributed by atoms with Gasteiger partial charge >= 0.3 is 11.7 Å². The van der Waals surface area contributed by atoms with Crippen molar-refractivity contribution >= 4 is 45.6 Å². The molecule has 4 rings (SSSR count). The molecule has 162 valence electrons. The number of pyridine rings is 1. The Balaban J connectivity index is 1.51. The van der Waals surface area contributed by atoms with Crippen molar-refractivity contribution in [2.75, 3.05) is 17.7 Å². The molecule has 0 spiro atoms. The van der Waals surface area contributed by atoms with Crippen LogP contribution in [0.25, 0.3) is 5.65 Å². The third-order valence-electron chi connectivity index (χ3n) is 4.93. The first-order valence-electron chi connectivity index (χ1n) is 10.2. The van der Waals surface area contributed by atoms with E-state index < -0.39 is 11.7 Å². The van der Waals surface area contributed by atoms with E-state index in [0.29, 0.717) is 16.2 Å². The zero-order chi connectivity index (χ0) is 21.8. The monoisotopic (exact) mass is 458 g/mol. The van der Waals surface area contributed by atoms with Crippen LogP contribution in [-0.2, 0) is 22.4 Å². The van der Waals surface area contributed by atoms with Crippen LogP contribution in [0, 0.1) is 0 Å². The summed E-state index contributed by atoms with van der Waals surface area (Å²) in [6, 6.07) is 5.21. The van der Waals surface area contributed by atoms with E-state index in [1.54, 1.807) is 31.3 Å². The maximum Gasteiger partial charge on any atom is 0.355 e. The van der Waals surface area contributed by atoms with Crippen molar-refractivity contribution < 1.29 is 14.3 Å². The minimum absolute atomic E-state index is 0.0211. The number of thiophene rings is 1. The van der Waals surface area contributed by atoms with Gasteiger partial charge in [-0.3, -0.25) is 9.20 Å². The first kappa shape index (κ1) is 21.5. The van der Waals surface area contributed by atoms with Crippen LogP contribution in [0.2, 0.25) is 0 Å². The minimum atomic E-state index is -0.444. The predicted molar refractivity (Wildman–Crippen MR) is 120 cm³/mol. The summed E-state index contributed by atoms with van der Waals surface area (Å²) in [5.74, 6) is -0.660. The Labute approximate surface area is 187 Å². The highest BCUT2D eigenvalue weighted by atomic mass is 32.2. The molecule has 3 aromatic rings. The van der Waals surface area contributed by atoms with Gasteiger partial charge in [0, 0.05) is 11.1 Å². The lowest BCUT2D eigenvalue weighted by Crippen LogP contribution is -2.20. The lowest BCUT2D eigenvalue weighted by Gasteiger charge is -2.08. The summed E-state index contributed by atoms with van der Waals surface area (Å²) in [6.07, 6.45) is 6.55. The van der Waals surface area contributed by atoms with Gasteiger partial charge in [-0.25, -0.2) is 14.6 Å². The fourth-order valence-electron chi connectivity index (χ4n) is 3.55. The number of hydrogen-bond acceptors (Lipinski definition) is 8. The van der Waals surface area contributed by atoms with E-state index in [1.807, 2.05) is 0 Å². The quantitative estimate of drug-likeness (QED) is 0.343. The Morgan fingerprint density at radius 3 is 2.90 bits per heavy atom. The molecule has 3 aromatic heterocycles. The van der Waals surface area contributed by atoms with Gasteiger partial charge in [0.05, 0.1) is 17.9 Å². The number of nitrogens with zero attached hydrogens (tertiary/aromatic N) is 3. The van der Waals surface area contributed by atoms with Gasteiger partial charge in [0.2, 0.25) is 5.91 Å². The molecule has 8 nitrogen and oxygen atoms in total. The van der Waals surface area contributed by atoms with Crippen LogP contribution in [0.5, 0.6) is 0 Å². The second-order valence-electron chi connectivity index (χ2n) is 7.04. The molecule has 0 unspecified atom stereocenters. The van der Waals surface area contributed by atoms with Crippen molar-refractivity contribution in [3.63, 3.8) is 0 Å². The van der Waals surface area contributed by atoms with E-state index in [-0.39, 0.29) is 23.4 Å². The van der Waals surface area contributed by atoms with E-state index in [9.17, 15) is 14.4 Å². The number of hydrogen-bond donors (Lipinski definition) is 1. The molecule has 3 heterocycles. The average molecular weight is 459 g/mol. The number of aromatic nitrogens is 3. The summed E-state index contributed by atoms with van der Waals surface area (Å²) < 4.78 is 6.59. The van der Waals surface area contributed by atoms with Crippen molar-refractivity contribution in [2.45, 2.75) is 44.2 Å². The van der Waals surface area contributed by atoms with Crippen molar-refractivity contribution in [1.29, 1.82) is 0 Å². The number of aryl methyl sites for hydroxylation is 1. The van der Waals surface area contributed by atoms with E-state index in [4.69, 9.17) is 4.74 Å². The number of nitrogens with one attached hydrogen (secondary N) is 1. The van der Waals surface area contributed by atoms with Crippen LogP contribution in [0.4, 0.5) is 5.00 Å². The molecule has 1 aliphatic rings. The highest BCUT2D eigenvalue weighted by Crippen LogP contribution is 2.38. The first-order chi connectivity index (χ1) is 15.1. The summed E-state index contributed by atoms with van der Waals surface area (Å²) in [5.41, 5.74) is 1.52. The summed E-state index contributed by atoms with van der Waals surface area (Å²) in [5, 5.41) is 3.64. The second kappa shape index (κ2) is 9.61. The molecule has 0 radical (unpaired) electrons. The molecule has 0 aromatic carbocycles. The Bertz CT molecular complexity index is 1190. The van der Waals surface area contributed by atoms with Crippen LogP contribution in [0.1, 0.15) is 47.0 Å². The lowest BCUT2D eigenvalue weighted by molar-refractivity contribution is -0.113. The summed E-state index contributed by atoms with van der Waals surface area (Å²) in [4.78, 5) is 46.7. The molecule has 0 saturated carbocycles. The van der Waals surface area contributed by atoms with Gasteiger partial charge < -0.3 is 10.1 Å². The van der Waals surface area contributed by atoms with E-state index >= 15 is 0 Å². The molecule has 0 bridgehead atoms. The first-order valence-corrected chi connectivity index (χ1v) is 12.0. The molecular formula is C21H22N4O4S2. The van der Waals surface area contributed by atoms with Gasteiger partial charge in [-0.2, -0.15) is 4.98 Å². The number of anilines is 1. The van der Waals surface area contributed by atoms with Gasteiger partial charge in [0.25, 0.3) is 0 Å². The molecule has 1 N–H and O–H groups in total. The van der Waals surface area contributed by atoms with Crippen LogP contribution in [0.3, 0.4) is 0 Å². The smallest absolute Gasteiger partial charge is 0.355 e. The zero-order valence-electron chi connectivity index (χ0n) is 17.1. The van der Waals surface area contributed by atoms with Gasteiger partial charge in [-0.05, 0) is 50.3 Å². The number of ether oxygens (including phenoxy) is 1. The van der Waals surface area contributed by atoms with Crippen molar-refractivity contribution in [3.8, 4) is 0 Å². The van der Waals surface area contributed by atoms with Gasteiger partial charge in [-0.1, -0.05) is 24.2 Å². The minimum Gasteiger partial charge on any atom is -0.462 e. The molecule has 0 fully saturated rings. The number of esters is 1. The number of amides is 1. The molecule has 31 heavy (non-hydrogen) atoms. The van der Waals surface area contributed by atoms with Gasteiger partial charge in [0.15, 0.2) is 5.16 Å². The Morgan fingerprint density at radius 1 is 1.23 bits per heavy atom. The fourth-order valence-corrected chi connectivity index (χ4v) is 5.48. The van der Waals surface area contributed by atoms with Crippen LogP contribution in [0.15, 0.2) is 34.3 Å². The lowest BCUT2D eigenvalue weighted by atomic mass is 10.1. The summed E-state index contributed by atoms with van der Waals surface area (Å²) in [6.45, 7) is 2.05.